The first-order chi connectivity index (χ1) is 11.6. The molecule has 1 aliphatic heterocycles. The monoisotopic (exact) mass is 336 g/mol. The first-order valence-electron chi connectivity index (χ1n) is 7.66. The number of rotatable bonds is 7. The molecule has 7 heteroatoms. The van der Waals surface area contributed by atoms with E-state index in [-0.39, 0.29) is 19.0 Å². The third kappa shape index (κ3) is 6.70. The number of likely N-dealkylation sites (N-methyl/N-ethyl adjacent to an activating group) is 1. The molecule has 132 valence electrons. The zero-order valence-corrected chi connectivity index (χ0v) is 14.0. The van der Waals surface area contributed by atoms with Gasteiger partial charge in [0.25, 0.3) is 12.4 Å². The molecule has 0 unspecified atom stereocenters. The maximum atomic E-state index is 11.4. The Kier molecular flexibility index (Phi) is 8.99. The average Bonchev–Trinajstić information content (AvgIpc) is 3.07. The summed E-state index contributed by atoms with van der Waals surface area (Å²) in [6.45, 7) is 4.98. The largest absolute Gasteiger partial charge is 0.496 e. The second-order valence-corrected chi connectivity index (χ2v) is 4.99. The minimum absolute atomic E-state index is 0.0326. The van der Waals surface area contributed by atoms with Gasteiger partial charge in [-0.05, 0) is 25.1 Å². The highest BCUT2D eigenvalue weighted by atomic mass is 16.5. The van der Waals surface area contributed by atoms with Crippen molar-refractivity contribution in [1.82, 2.24) is 10.2 Å². The molecule has 0 bridgehead atoms. The van der Waals surface area contributed by atoms with E-state index in [0.717, 1.165) is 30.9 Å². The van der Waals surface area contributed by atoms with Crippen molar-refractivity contribution in [2.75, 3.05) is 33.4 Å². The third-order valence-corrected chi connectivity index (χ3v) is 3.28. The van der Waals surface area contributed by atoms with E-state index in [1.807, 2.05) is 25.1 Å². The first kappa shape index (κ1) is 19.5. The van der Waals surface area contributed by atoms with E-state index in [9.17, 15) is 4.79 Å². The van der Waals surface area contributed by atoms with Crippen molar-refractivity contribution >= 4 is 12.4 Å². The summed E-state index contributed by atoms with van der Waals surface area (Å²) in [6.07, 6.45) is 4.31. The smallest absolute Gasteiger partial charge is 0.290 e. The van der Waals surface area contributed by atoms with Crippen molar-refractivity contribution in [1.29, 1.82) is 0 Å². The van der Waals surface area contributed by atoms with Gasteiger partial charge in [-0.15, -0.1) is 0 Å². The molecule has 1 heterocycles. The van der Waals surface area contributed by atoms with E-state index in [4.69, 9.17) is 19.4 Å². The summed E-state index contributed by atoms with van der Waals surface area (Å²) in [5.74, 6) is 1.41. The third-order valence-electron chi connectivity index (χ3n) is 3.28. The van der Waals surface area contributed by atoms with Crippen molar-refractivity contribution in [3.63, 3.8) is 0 Å². The summed E-state index contributed by atoms with van der Waals surface area (Å²) in [7, 11) is 1.66. The van der Waals surface area contributed by atoms with Gasteiger partial charge in [0, 0.05) is 31.7 Å². The Bertz CT molecular complexity index is 552. The molecule has 0 aliphatic carbocycles. The van der Waals surface area contributed by atoms with Crippen LogP contribution in [0.5, 0.6) is 11.5 Å². The van der Waals surface area contributed by atoms with E-state index >= 15 is 0 Å². The second-order valence-electron chi connectivity index (χ2n) is 4.99. The number of benzene rings is 1. The number of carbonyl (C=O) groups is 2. The van der Waals surface area contributed by atoms with Crippen molar-refractivity contribution in [2.24, 2.45) is 0 Å². The summed E-state index contributed by atoms with van der Waals surface area (Å²) in [4.78, 5) is 22.1. The van der Waals surface area contributed by atoms with Gasteiger partial charge in [0.2, 0.25) is 0 Å². The van der Waals surface area contributed by atoms with Gasteiger partial charge in [-0.25, -0.2) is 0 Å². The number of carboxylic acid groups (broad SMARTS) is 1. The highest BCUT2D eigenvalue weighted by molar-refractivity contribution is 5.77. The van der Waals surface area contributed by atoms with E-state index < -0.39 is 0 Å². The maximum absolute atomic E-state index is 11.4. The van der Waals surface area contributed by atoms with Crippen molar-refractivity contribution in [3.8, 4) is 11.5 Å². The van der Waals surface area contributed by atoms with Gasteiger partial charge in [-0.2, -0.15) is 0 Å². The summed E-state index contributed by atoms with van der Waals surface area (Å²) in [5, 5.41) is 9.60. The fourth-order valence-electron chi connectivity index (χ4n) is 2.26. The predicted molar refractivity (Wildman–Crippen MR) is 90.3 cm³/mol. The molecule has 0 fully saturated rings. The number of nitrogens with zero attached hydrogens (tertiary/aromatic N) is 1. The fourth-order valence-corrected chi connectivity index (χ4v) is 2.26. The lowest BCUT2D eigenvalue weighted by atomic mass is 10.1. The standard InChI is InChI=1S/C16H22N2O3.CH2O2/c1-3-17-16(19)12-21-14-6-7-15(20-2)13(10-14)11-18-8-4-5-9-18;2-1-3/h4-7,10H,3,8-9,11-12H2,1-2H3,(H,17,19);1H,(H,2,3). The van der Waals surface area contributed by atoms with Crippen LogP contribution in [0.25, 0.3) is 0 Å². The average molecular weight is 336 g/mol. The summed E-state index contributed by atoms with van der Waals surface area (Å²) >= 11 is 0. The minimum atomic E-state index is -0.250. The number of nitrogens with one attached hydrogen (secondary N) is 1. The van der Waals surface area contributed by atoms with Gasteiger partial charge in [0.1, 0.15) is 11.5 Å². The second kappa shape index (κ2) is 11.1. The van der Waals surface area contributed by atoms with Crippen LogP contribution < -0.4 is 14.8 Å². The van der Waals surface area contributed by atoms with Crippen molar-refractivity contribution in [3.05, 3.63) is 35.9 Å². The number of hydrogen-bond donors (Lipinski definition) is 2. The molecule has 1 amide bonds. The molecule has 2 rings (SSSR count). The van der Waals surface area contributed by atoms with Crippen LogP contribution >= 0.6 is 0 Å². The molecule has 1 aromatic rings. The fraction of sp³-hybridized carbons (Fsp3) is 0.412. The summed E-state index contributed by atoms with van der Waals surface area (Å²) < 4.78 is 10.9. The van der Waals surface area contributed by atoms with Crippen LogP contribution in [0.1, 0.15) is 12.5 Å². The Hall–Kier alpha value is -2.54. The molecule has 7 nitrogen and oxygen atoms in total. The van der Waals surface area contributed by atoms with Crippen LogP contribution in [0.3, 0.4) is 0 Å². The molecular formula is C17H24N2O5. The van der Waals surface area contributed by atoms with E-state index in [1.54, 1.807) is 7.11 Å². The van der Waals surface area contributed by atoms with Crippen LogP contribution in [0, 0.1) is 0 Å². The molecule has 24 heavy (non-hydrogen) atoms. The van der Waals surface area contributed by atoms with Gasteiger partial charge in [0.05, 0.1) is 7.11 Å². The molecule has 0 radical (unpaired) electrons. The molecule has 1 aliphatic rings. The van der Waals surface area contributed by atoms with Gasteiger partial charge >= 0.3 is 0 Å². The molecular weight excluding hydrogens is 312 g/mol. The quantitative estimate of drug-likeness (QED) is 0.576. The highest BCUT2D eigenvalue weighted by Crippen LogP contribution is 2.26. The molecule has 0 aromatic heterocycles. The highest BCUT2D eigenvalue weighted by Gasteiger charge is 2.12. The molecule has 0 saturated heterocycles. The van der Waals surface area contributed by atoms with E-state index in [2.05, 4.69) is 22.4 Å². The van der Waals surface area contributed by atoms with Crippen LogP contribution in [0.4, 0.5) is 0 Å². The van der Waals surface area contributed by atoms with Crippen LogP contribution in [-0.2, 0) is 16.1 Å². The predicted octanol–water partition coefficient (Wildman–Crippen LogP) is 1.28. The normalized spacial score (nSPS) is 12.9. The number of ether oxygens (including phenoxy) is 2. The lowest BCUT2D eigenvalue weighted by Gasteiger charge is -2.18. The maximum Gasteiger partial charge on any atom is 0.290 e. The lowest BCUT2D eigenvalue weighted by Crippen LogP contribution is -2.28. The van der Waals surface area contributed by atoms with Crippen LogP contribution in [0.15, 0.2) is 30.4 Å². The Morgan fingerprint density at radius 3 is 2.62 bits per heavy atom. The van der Waals surface area contributed by atoms with Gasteiger partial charge < -0.3 is 19.9 Å². The molecule has 1 aromatic carbocycles. The van der Waals surface area contributed by atoms with Gasteiger partial charge in [-0.1, -0.05) is 12.2 Å². The van der Waals surface area contributed by atoms with Gasteiger partial charge in [-0.3, -0.25) is 14.5 Å². The van der Waals surface area contributed by atoms with E-state index in [0.29, 0.717) is 12.3 Å². The number of hydrogen-bond acceptors (Lipinski definition) is 5. The zero-order chi connectivity index (χ0) is 17.8. The molecule has 0 spiro atoms. The lowest BCUT2D eigenvalue weighted by molar-refractivity contribution is -0.123. The Morgan fingerprint density at radius 2 is 2.04 bits per heavy atom. The SMILES string of the molecule is CCNC(=O)COc1ccc(OC)c(CN2CC=CC2)c1.O=CO. The van der Waals surface area contributed by atoms with Crippen LogP contribution in [0.2, 0.25) is 0 Å². The topological polar surface area (TPSA) is 88.1 Å². The summed E-state index contributed by atoms with van der Waals surface area (Å²) in [5.41, 5.74) is 1.06. The van der Waals surface area contributed by atoms with Crippen molar-refractivity contribution < 1.29 is 24.2 Å². The molecule has 0 atom stereocenters. The first-order valence-corrected chi connectivity index (χ1v) is 7.66. The Morgan fingerprint density at radius 1 is 1.38 bits per heavy atom. The number of amides is 1. The summed E-state index contributed by atoms with van der Waals surface area (Å²) in [6, 6.07) is 5.64. The van der Waals surface area contributed by atoms with E-state index in [1.165, 1.54) is 0 Å². The molecule has 2 N–H and O–H groups in total. The van der Waals surface area contributed by atoms with Gasteiger partial charge in [0.15, 0.2) is 6.61 Å². The van der Waals surface area contributed by atoms with Crippen molar-refractivity contribution in [2.45, 2.75) is 13.5 Å². The number of carbonyl (C=O) groups excluding carboxylic acids is 1. The minimum Gasteiger partial charge on any atom is -0.496 e. The van der Waals surface area contributed by atoms with Crippen LogP contribution in [-0.4, -0.2) is 55.7 Å². The zero-order valence-electron chi connectivity index (χ0n) is 14.0. The Labute approximate surface area is 141 Å². The number of methoxy groups -OCH3 is 1. The Balaban J connectivity index is 0.000000891. The molecule has 0 saturated carbocycles.